The lowest BCUT2D eigenvalue weighted by molar-refractivity contribution is -0.130. The van der Waals surface area contributed by atoms with Gasteiger partial charge in [0, 0.05) is 11.8 Å². The molecule has 0 fully saturated rings. The summed E-state index contributed by atoms with van der Waals surface area (Å²) in [5.41, 5.74) is 3.93. The van der Waals surface area contributed by atoms with Crippen molar-refractivity contribution in [2.75, 3.05) is 5.75 Å². The average molecular weight is 475 g/mol. The summed E-state index contributed by atoms with van der Waals surface area (Å²) in [5, 5.41) is 10.6. The first-order valence-corrected chi connectivity index (χ1v) is 12.5. The van der Waals surface area contributed by atoms with Crippen LogP contribution < -0.4 is 0 Å². The molecule has 0 unspecified atom stereocenters. The van der Waals surface area contributed by atoms with Gasteiger partial charge in [-0.15, -0.1) is 0 Å². The molecule has 0 aliphatic carbocycles. The van der Waals surface area contributed by atoms with E-state index in [4.69, 9.17) is 5.10 Å². The van der Waals surface area contributed by atoms with Gasteiger partial charge in [-0.2, -0.15) is 5.10 Å². The van der Waals surface area contributed by atoms with Crippen molar-refractivity contribution in [2.45, 2.75) is 17.5 Å². The third-order valence-corrected chi connectivity index (χ3v) is 7.26. The molecule has 1 aliphatic heterocycles. The number of hydrogen-bond acceptors (Lipinski definition) is 5. The monoisotopic (exact) mass is 474 g/mol. The normalized spacial score (nSPS) is 15.5. The Balaban J connectivity index is 1.30. The van der Waals surface area contributed by atoms with E-state index in [0.29, 0.717) is 6.42 Å². The van der Waals surface area contributed by atoms with Crippen LogP contribution >= 0.6 is 11.8 Å². The number of para-hydroxylation sites is 1. The fourth-order valence-electron chi connectivity index (χ4n) is 4.51. The van der Waals surface area contributed by atoms with Crippen molar-refractivity contribution in [3.63, 3.8) is 0 Å². The summed E-state index contributed by atoms with van der Waals surface area (Å²) >= 11 is 1.43. The first-order chi connectivity index (χ1) is 17.3. The lowest BCUT2D eigenvalue weighted by Gasteiger charge is -2.22. The van der Waals surface area contributed by atoms with Gasteiger partial charge in [0.15, 0.2) is 0 Å². The van der Waals surface area contributed by atoms with Crippen LogP contribution in [0.4, 0.5) is 0 Å². The fourth-order valence-corrected chi connectivity index (χ4v) is 5.35. The number of carbonyl (C=O) groups is 1. The van der Waals surface area contributed by atoms with Crippen molar-refractivity contribution in [3.8, 4) is 0 Å². The van der Waals surface area contributed by atoms with Crippen LogP contribution in [-0.4, -0.2) is 32.3 Å². The van der Waals surface area contributed by atoms with Gasteiger partial charge in [0.25, 0.3) is 5.91 Å². The van der Waals surface area contributed by atoms with Gasteiger partial charge in [0.2, 0.25) is 0 Å². The molecule has 0 spiro atoms. The molecule has 0 N–H and O–H groups in total. The van der Waals surface area contributed by atoms with Crippen LogP contribution in [0.15, 0.2) is 114 Å². The van der Waals surface area contributed by atoms with Gasteiger partial charge in [-0.1, -0.05) is 96.7 Å². The number of nitrogens with zero attached hydrogens (tertiary/aromatic N) is 4. The third kappa shape index (κ3) is 4.29. The van der Waals surface area contributed by atoms with Crippen molar-refractivity contribution in [1.29, 1.82) is 0 Å². The molecule has 1 aliphatic rings. The Kier molecular flexibility index (Phi) is 5.72. The topological polar surface area (TPSA) is 58.5 Å². The van der Waals surface area contributed by atoms with E-state index in [9.17, 15) is 4.79 Å². The zero-order valence-electron chi connectivity index (χ0n) is 18.9. The lowest BCUT2D eigenvalue weighted by atomic mass is 9.97. The van der Waals surface area contributed by atoms with Crippen LogP contribution in [-0.2, 0) is 4.79 Å². The maximum atomic E-state index is 13.5. The molecule has 5 aromatic rings. The lowest BCUT2D eigenvalue weighted by Crippen LogP contribution is -2.28. The van der Waals surface area contributed by atoms with Crippen LogP contribution in [0.25, 0.3) is 21.7 Å². The van der Waals surface area contributed by atoms with E-state index in [0.717, 1.165) is 32.8 Å². The minimum absolute atomic E-state index is 0.0395. The summed E-state index contributed by atoms with van der Waals surface area (Å²) in [6.45, 7) is 0. The van der Waals surface area contributed by atoms with Gasteiger partial charge in [-0.25, -0.2) is 15.0 Å². The van der Waals surface area contributed by atoms with E-state index in [1.165, 1.54) is 22.5 Å². The first-order valence-electron chi connectivity index (χ1n) is 11.5. The van der Waals surface area contributed by atoms with Gasteiger partial charge in [0.1, 0.15) is 11.4 Å². The second-order valence-electron chi connectivity index (χ2n) is 8.46. The highest BCUT2D eigenvalue weighted by Gasteiger charge is 2.33. The molecule has 6 rings (SSSR count). The molecule has 0 saturated heterocycles. The van der Waals surface area contributed by atoms with Crippen LogP contribution in [0.1, 0.15) is 23.6 Å². The van der Waals surface area contributed by atoms with Gasteiger partial charge in [-0.3, -0.25) is 4.79 Å². The molecule has 1 atom stereocenters. The van der Waals surface area contributed by atoms with Gasteiger partial charge in [0.05, 0.1) is 23.0 Å². The Morgan fingerprint density at radius 3 is 2.51 bits per heavy atom. The molecule has 2 heterocycles. The SMILES string of the molecule is O=C(CSc1ncnc2ccccc12)N1N=C(c2ccc3ccccc3c2)C[C@@H]1c1ccccc1. The first kappa shape index (κ1) is 21.5. The van der Waals surface area contributed by atoms with E-state index >= 15 is 0 Å². The van der Waals surface area contributed by atoms with Crippen molar-refractivity contribution in [3.05, 3.63) is 115 Å². The number of rotatable bonds is 5. The number of aromatic nitrogens is 2. The maximum absolute atomic E-state index is 13.5. The number of fused-ring (bicyclic) bond motifs is 2. The largest absolute Gasteiger partial charge is 0.272 e. The van der Waals surface area contributed by atoms with Gasteiger partial charge < -0.3 is 0 Å². The van der Waals surface area contributed by atoms with Gasteiger partial charge >= 0.3 is 0 Å². The summed E-state index contributed by atoms with van der Waals surface area (Å²) in [6.07, 6.45) is 2.23. The average Bonchev–Trinajstić information content (AvgIpc) is 3.38. The van der Waals surface area contributed by atoms with Crippen molar-refractivity contribution < 1.29 is 4.79 Å². The molecule has 4 aromatic carbocycles. The summed E-state index contributed by atoms with van der Waals surface area (Å²) in [5.74, 6) is 0.209. The molecule has 1 amide bonds. The second kappa shape index (κ2) is 9.31. The Bertz CT molecular complexity index is 1560. The molecular formula is C29H22N4OS. The summed E-state index contributed by atoms with van der Waals surface area (Å²) in [4.78, 5) is 22.2. The summed E-state index contributed by atoms with van der Waals surface area (Å²) < 4.78 is 0. The third-order valence-electron chi connectivity index (χ3n) is 6.27. The summed E-state index contributed by atoms with van der Waals surface area (Å²) in [6, 6.07) is 32.5. The van der Waals surface area contributed by atoms with Crippen LogP contribution in [0.2, 0.25) is 0 Å². The molecule has 5 nitrogen and oxygen atoms in total. The highest BCUT2D eigenvalue weighted by atomic mass is 32.2. The molecule has 6 heteroatoms. The quantitative estimate of drug-likeness (QED) is 0.223. The van der Waals surface area contributed by atoms with E-state index in [-0.39, 0.29) is 17.7 Å². The van der Waals surface area contributed by atoms with E-state index in [2.05, 4.69) is 52.4 Å². The number of hydrogen-bond donors (Lipinski definition) is 0. The number of benzene rings is 4. The Morgan fingerprint density at radius 1 is 0.857 bits per heavy atom. The number of hydrazone groups is 1. The second-order valence-corrected chi connectivity index (χ2v) is 9.43. The molecule has 1 aromatic heterocycles. The minimum Gasteiger partial charge on any atom is -0.272 e. The van der Waals surface area contributed by atoms with Crippen LogP contribution in [0, 0.1) is 0 Å². The molecule has 170 valence electrons. The Hall–Kier alpha value is -4.03. The van der Waals surface area contributed by atoms with E-state index in [1.807, 2.05) is 54.6 Å². The zero-order chi connectivity index (χ0) is 23.6. The van der Waals surface area contributed by atoms with Crippen molar-refractivity contribution >= 4 is 45.1 Å². The molecule has 0 bridgehead atoms. The smallest absolute Gasteiger partial charge is 0.253 e. The van der Waals surface area contributed by atoms with Crippen LogP contribution in [0.3, 0.4) is 0 Å². The number of carbonyl (C=O) groups excluding carboxylic acids is 1. The Morgan fingerprint density at radius 2 is 1.63 bits per heavy atom. The molecule has 0 saturated carbocycles. The highest BCUT2D eigenvalue weighted by molar-refractivity contribution is 8.00. The Labute approximate surface area is 207 Å². The molecule has 0 radical (unpaired) electrons. The number of amides is 1. The summed E-state index contributed by atoms with van der Waals surface area (Å²) in [7, 11) is 0. The van der Waals surface area contributed by atoms with Crippen molar-refractivity contribution in [2.24, 2.45) is 5.10 Å². The predicted molar refractivity (Wildman–Crippen MR) is 141 cm³/mol. The molecular weight excluding hydrogens is 452 g/mol. The number of thioether (sulfide) groups is 1. The minimum atomic E-state index is -0.132. The van der Waals surface area contributed by atoms with Crippen molar-refractivity contribution in [1.82, 2.24) is 15.0 Å². The molecule has 35 heavy (non-hydrogen) atoms. The fraction of sp³-hybridized carbons (Fsp3) is 0.103. The standard InChI is InChI=1S/C29H22N4OS/c34-28(18-35-29-24-12-6-7-13-25(24)30-19-31-29)33-27(21-9-2-1-3-10-21)17-26(32-33)23-15-14-20-8-4-5-11-22(20)16-23/h1-16,19,27H,17-18H2/t27-/m1/s1. The highest BCUT2D eigenvalue weighted by Crippen LogP contribution is 2.34. The van der Waals surface area contributed by atoms with Crippen LogP contribution in [0.5, 0.6) is 0 Å². The predicted octanol–water partition coefficient (Wildman–Crippen LogP) is 6.25. The maximum Gasteiger partial charge on any atom is 0.253 e. The zero-order valence-corrected chi connectivity index (χ0v) is 19.7. The van der Waals surface area contributed by atoms with Gasteiger partial charge in [-0.05, 0) is 34.0 Å². The van der Waals surface area contributed by atoms with E-state index < -0.39 is 0 Å². The van der Waals surface area contributed by atoms with E-state index in [1.54, 1.807) is 11.3 Å².